The number of allylic oxidation sites excluding steroid dienone is 21. The molecular weight excluding hydrogens is 669 g/mol. The van der Waals surface area contributed by atoms with Crippen molar-refractivity contribution >= 4 is 23.7 Å². The van der Waals surface area contributed by atoms with Crippen molar-refractivity contribution in [2.45, 2.75) is 63.7 Å². The van der Waals surface area contributed by atoms with Crippen LogP contribution >= 0.6 is 0 Å². The first-order valence-corrected chi connectivity index (χ1v) is 20.6. The molecule has 9 aliphatic carbocycles. The van der Waals surface area contributed by atoms with Gasteiger partial charge < -0.3 is 0 Å². The molecule has 1 aliphatic heterocycles. The van der Waals surface area contributed by atoms with Gasteiger partial charge in [0, 0.05) is 23.3 Å². The standard InChI is InChI=1S/C51H44N4/c52-28-30-11-9-15-34(23-30)49-45-27-44-46(42-25-32-13-1-3-17-36(32)38-19-5-7-21-40(38)42)47(44)48(50(45)55-51(54-49)35-16-10-12-31(24-35)29-53)43-26-33-14-2-4-18-37(33)39-20-6-8-22-41(39)43/h2-4,6-8,10,12,14-18,20-23,25,31,33,41,43-47H,1,5,9,11,13,19,24,26-27H2. The van der Waals surface area contributed by atoms with E-state index in [1.165, 1.54) is 33.5 Å². The summed E-state index contributed by atoms with van der Waals surface area (Å²) in [6.45, 7) is 0. The van der Waals surface area contributed by atoms with E-state index in [0.29, 0.717) is 36.0 Å². The highest BCUT2D eigenvalue weighted by molar-refractivity contribution is 6.17. The van der Waals surface area contributed by atoms with Gasteiger partial charge >= 0.3 is 0 Å². The summed E-state index contributed by atoms with van der Waals surface area (Å²) < 4.78 is 0. The Morgan fingerprint density at radius 1 is 0.764 bits per heavy atom. The number of aryl methyl sites for hydroxylation is 1. The third-order valence-electron chi connectivity index (χ3n) is 14.1. The number of hydrogen-bond acceptors (Lipinski definition) is 4. The molecule has 8 atom stereocenters. The van der Waals surface area contributed by atoms with Crippen LogP contribution in [0.3, 0.4) is 0 Å². The number of nitriles is 2. The van der Waals surface area contributed by atoms with Gasteiger partial charge in [0.2, 0.25) is 0 Å². The topological polar surface area (TPSA) is 72.3 Å². The number of hydrogen-bond donors (Lipinski definition) is 0. The van der Waals surface area contributed by atoms with E-state index >= 15 is 0 Å². The molecule has 4 nitrogen and oxygen atoms in total. The highest BCUT2D eigenvalue weighted by Crippen LogP contribution is 2.69. The molecule has 1 fully saturated rings. The summed E-state index contributed by atoms with van der Waals surface area (Å²) >= 11 is 0. The maximum atomic E-state index is 10.1. The minimum Gasteiger partial charge on any atom is -0.233 e. The van der Waals surface area contributed by atoms with Crippen LogP contribution in [0.15, 0.2) is 146 Å². The van der Waals surface area contributed by atoms with E-state index in [4.69, 9.17) is 9.98 Å². The number of nitrogens with zero attached hydrogens (tertiary/aromatic N) is 4. The van der Waals surface area contributed by atoms with Crippen LogP contribution in [-0.2, 0) is 12.8 Å². The van der Waals surface area contributed by atoms with Gasteiger partial charge in [-0.2, -0.15) is 10.5 Å². The summed E-state index contributed by atoms with van der Waals surface area (Å²) in [5.74, 6) is 2.95. The van der Waals surface area contributed by atoms with Gasteiger partial charge in [-0.1, -0.05) is 103 Å². The van der Waals surface area contributed by atoms with Gasteiger partial charge in [0.25, 0.3) is 0 Å². The van der Waals surface area contributed by atoms with Crippen LogP contribution in [0, 0.1) is 64.1 Å². The van der Waals surface area contributed by atoms with Gasteiger partial charge in [-0.3, -0.25) is 0 Å². The quantitative estimate of drug-likeness (QED) is 0.312. The molecule has 4 heteroatoms. The van der Waals surface area contributed by atoms with Crippen LogP contribution in [0.1, 0.15) is 78.7 Å². The molecule has 1 saturated carbocycles. The third kappa shape index (κ3) is 5.29. The lowest BCUT2D eigenvalue weighted by molar-refractivity contribution is 0.370. The van der Waals surface area contributed by atoms with E-state index in [2.05, 4.69) is 109 Å². The molecule has 0 N–H and O–H groups in total. The monoisotopic (exact) mass is 712 g/mol. The van der Waals surface area contributed by atoms with E-state index in [1.54, 1.807) is 16.7 Å². The molecule has 0 amide bonds. The molecule has 1 aromatic rings. The van der Waals surface area contributed by atoms with Crippen LogP contribution in [0.5, 0.6) is 0 Å². The zero-order valence-electron chi connectivity index (χ0n) is 31.2. The number of rotatable bonds is 4. The van der Waals surface area contributed by atoms with Gasteiger partial charge in [0.1, 0.15) is 0 Å². The molecule has 0 spiro atoms. The van der Waals surface area contributed by atoms with Crippen LogP contribution in [-0.4, -0.2) is 11.5 Å². The first-order chi connectivity index (χ1) is 27.2. The van der Waals surface area contributed by atoms with Gasteiger partial charge in [0.15, 0.2) is 5.84 Å². The lowest BCUT2D eigenvalue weighted by Crippen LogP contribution is -2.35. The van der Waals surface area contributed by atoms with Crippen LogP contribution < -0.4 is 0 Å². The minimum absolute atomic E-state index is 0.0581. The van der Waals surface area contributed by atoms with E-state index in [0.717, 1.165) is 79.6 Å². The van der Waals surface area contributed by atoms with Crippen molar-refractivity contribution in [3.05, 3.63) is 164 Å². The second kappa shape index (κ2) is 13.0. The second-order valence-corrected chi connectivity index (χ2v) is 17.0. The van der Waals surface area contributed by atoms with Crippen molar-refractivity contribution < 1.29 is 0 Å². The van der Waals surface area contributed by atoms with Crippen molar-refractivity contribution in [3.63, 3.8) is 0 Å². The highest BCUT2D eigenvalue weighted by Gasteiger charge is 2.61. The molecule has 0 radical (unpaired) electrons. The summed E-state index contributed by atoms with van der Waals surface area (Å²) in [5.41, 5.74) is 17.3. The van der Waals surface area contributed by atoms with Crippen molar-refractivity contribution in [2.24, 2.45) is 51.4 Å². The molecule has 0 saturated heterocycles. The minimum atomic E-state index is -0.192. The van der Waals surface area contributed by atoms with Crippen LogP contribution in [0.4, 0.5) is 0 Å². The van der Waals surface area contributed by atoms with E-state index in [-0.39, 0.29) is 17.8 Å². The molecule has 55 heavy (non-hydrogen) atoms. The van der Waals surface area contributed by atoms with Gasteiger partial charge in [-0.05, 0) is 143 Å². The number of amidine groups is 1. The Balaban J connectivity index is 1.13. The maximum absolute atomic E-state index is 10.1. The fourth-order valence-corrected chi connectivity index (χ4v) is 11.7. The number of fused-ring (bicyclic) bond motifs is 7. The van der Waals surface area contributed by atoms with E-state index in [1.807, 2.05) is 12.2 Å². The Morgan fingerprint density at radius 2 is 1.62 bits per heavy atom. The zero-order valence-corrected chi connectivity index (χ0v) is 31.2. The Labute approximate surface area is 324 Å². The molecule has 268 valence electrons. The van der Waals surface area contributed by atoms with Crippen LogP contribution in [0.25, 0.3) is 12.2 Å². The Bertz CT molecular complexity index is 2470. The van der Waals surface area contributed by atoms with E-state index < -0.39 is 0 Å². The molecule has 0 bridgehead atoms. The number of aliphatic imine (C=N–C) groups is 2. The zero-order chi connectivity index (χ0) is 36.6. The summed E-state index contributed by atoms with van der Waals surface area (Å²) in [6, 6.07) is 7.57. The largest absolute Gasteiger partial charge is 0.233 e. The fraction of sp³-hybridized carbons (Fsp3) is 0.333. The van der Waals surface area contributed by atoms with Crippen molar-refractivity contribution in [1.82, 2.24) is 0 Å². The van der Waals surface area contributed by atoms with Gasteiger partial charge in [0.05, 0.1) is 29.5 Å². The van der Waals surface area contributed by atoms with Crippen molar-refractivity contribution in [2.75, 3.05) is 0 Å². The van der Waals surface area contributed by atoms with Gasteiger partial charge in [-0.25, -0.2) is 9.98 Å². The lowest BCUT2D eigenvalue weighted by atomic mass is 9.63. The number of benzene rings is 1. The molecule has 10 aliphatic rings. The molecule has 11 rings (SSSR count). The van der Waals surface area contributed by atoms with Crippen molar-refractivity contribution in [3.8, 4) is 12.1 Å². The fourth-order valence-electron chi connectivity index (χ4n) is 11.7. The predicted molar refractivity (Wildman–Crippen MR) is 222 cm³/mol. The van der Waals surface area contributed by atoms with E-state index in [9.17, 15) is 10.5 Å². The van der Waals surface area contributed by atoms with Crippen molar-refractivity contribution in [1.29, 1.82) is 10.5 Å². The SMILES string of the molecule is N#CC1=CC(C2=NC(C3=CC=CC(C#N)C3)=NC3=C(C4CC5C=CC=CC5=C5C=CC=CC54)C4C(CC23)C4c2cc3c(c4c2C=CCC4)C=CCC3)=CCC1. The maximum Gasteiger partial charge on any atom is 0.155 e. The highest BCUT2D eigenvalue weighted by atomic mass is 15.0. The Kier molecular flexibility index (Phi) is 7.77. The van der Waals surface area contributed by atoms with Gasteiger partial charge in [-0.15, -0.1) is 0 Å². The smallest absolute Gasteiger partial charge is 0.155 e. The third-order valence-corrected chi connectivity index (χ3v) is 14.1. The lowest BCUT2D eigenvalue weighted by Gasteiger charge is -2.42. The second-order valence-electron chi connectivity index (χ2n) is 17.0. The molecule has 1 heterocycles. The predicted octanol–water partition coefficient (Wildman–Crippen LogP) is 11.1. The average Bonchev–Trinajstić information content (AvgIpc) is 3.98. The Morgan fingerprint density at radius 3 is 2.51 bits per heavy atom. The first-order valence-electron chi connectivity index (χ1n) is 20.6. The summed E-state index contributed by atoms with van der Waals surface area (Å²) in [6.07, 6.45) is 47.5. The normalized spacial score (nSPS) is 33.0. The summed E-state index contributed by atoms with van der Waals surface area (Å²) in [5, 5.41) is 20.0. The molecule has 0 aromatic heterocycles. The first kappa shape index (κ1) is 32.8. The molecular formula is C51H44N4. The molecule has 8 unspecified atom stereocenters. The summed E-state index contributed by atoms with van der Waals surface area (Å²) in [7, 11) is 0. The van der Waals surface area contributed by atoms with Crippen LogP contribution in [0.2, 0.25) is 0 Å². The summed E-state index contributed by atoms with van der Waals surface area (Å²) in [4.78, 5) is 11.2. The molecule has 1 aromatic carbocycles. The Hall–Kier alpha value is -5.58. The average molecular weight is 713 g/mol.